The molecule has 4 nitrogen and oxygen atoms in total. The molecule has 0 saturated carbocycles. The van der Waals surface area contributed by atoms with Gasteiger partial charge in [-0.15, -0.1) is 0 Å². The Kier molecular flexibility index (Phi) is 5.17. The second-order valence-electron chi connectivity index (χ2n) is 5.68. The van der Waals surface area contributed by atoms with Crippen molar-refractivity contribution in [3.05, 3.63) is 34.3 Å². The second kappa shape index (κ2) is 6.27. The minimum absolute atomic E-state index is 0.550. The highest BCUT2D eigenvalue weighted by Gasteiger charge is 2.26. The molecular weight excluding hydrogens is 278 g/mol. The van der Waals surface area contributed by atoms with Crippen LogP contribution in [0.5, 0.6) is 0 Å². The van der Waals surface area contributed by atoms with E-state index in [9.17, 15) is 9.59 Å². The van der Waals surface area contributed by atoms with Gasteiger partial charge < -0.3 is 9.53 Å². The Labute approximate surface area is 124 Å². The molecule has 1 atom stereocenters. The number of aldehydes is 1. The molecule has 0 radical (unpaired) electrons. The Morgan fingerprint density at radius 3 is 2.45 bits per heavy atom. The fourth-order valence-electron chi connectivity index (χ4n) is 1.63. The number of nitrogens with zero attached hydrogens (tertiary/aromatic N) is 1. The van der Waals surface area contributed by atoms with Gasteiger partial charge in [0.15, 0.2) is 0 Å². The van der Waals surface area contributed by atoms with Crippen molar-refractivity contribution >= 4 is 24.0 Å². The summed E-state index contributed by atoms with van der Waals surface area (Å²) in [5, 5.41) is 0.562. The maximum Gasteiger partial charge on any atom is 0.410 e. The van der Waals surface area contributed by atoms with Gasteiger partial charge in [-0.3, -0.25) is 4.90 Å². The van der Waals surface area contributed by atoms with Crippen LogP contribution in [0.4, 0.5) is 4.79 Å². The van der Waals surface area contributed by atoms with Crippen LogP contribution in [0.1, 0.15) is 37.9 Å². The molecule has 20 heavy (non-hydrogen) atoms. The predicted octanol–water partition coefficient (Wildman–Crippen LogP) is 3.76. The molecule has 0 aliphatic carbocycles. The van der Waals surface area contributed by atoms with Crippen LogP contribution in [-0.4, -0.2) is 29.9 Å². The van der Waals surface area contributed by atoms with Crippen molar-refractivity contribution in [2.75, 3.05) is 7.05 Å². The molecule has 0 saturated heterocycles. The number of rotatable bonds is 3. The first-order valence-electron chi connectivity index (χ1n) is 6.33. The molecule has 0 fully saturated rings. The molecule has 1 unspecified atom stereocenters. The largest absolute Gasteiger partial charge is 0.444 e. The standard InChI is InChI=1S/C15H20ClNO3/c1-10-6-7-11(8-12(10)16)13(9-18)17(5)14(19)20-15(2,3)4/h6-9,13H,1-5H3. The van der Waals surface area contributed by atoms with Crippen molar-refractivity contribution < 1.29 is 14.3 Å². The van der Waals surface area contributed by atoms with Gasteiger partial charge in [0.05, 0.1) is 0 Å². The van der Waals surface area contributed by atoms with Crippen molar-refractivity contribution in [3.8, 4) is 0 Å². The van der Waals surface area contributed by atoms with Crippen LogP contribution >= 0.6 is 11.6 Å². The molecule has 0 aliphatic rings. The summed E-state index contributed by atoms with van der Waals surface area (Å²) in [4.78, 5) is 24.6. The average molecular weight is 298 g/mol. The van der Waals surface area contributed by atoms with Gasteiger partial charge in [0.1, 0.15) is 17.9 Å². The van der Waals surface area contributed by atoms with E-state index in [-0.39, 0.29) is 0 Å². The van der Waals surface area contributed by atoms with E-state index in [0.717, 1.165) is 5.56 Å². The lowest BCUT2D eigenvalue weighted by Crippen LogP contribution is -2.37. The summed E-state index contributed by atoms with van der Waals surface area (Å²) in [5.74, 6) is 0. The molecule has 0 N–H and O–H groups in total. The number of carbonyl (C=O) groups excluding carboxylic acids is 2. The smallest absolute Gasteiger partial charge is 0.410 e. The van der Waals surface area contributed by atoms with Crippen LogP contribution in [0.15, 0.2) is 18.2 Å². The van der Waals surface area contributed by atoms with Crippen LogP contribution in [0, 0.1) is 6.92 Å². The van der Waals surface area contributed by atoms with Crippen molar-refractivity contribution in [2.45, 2.75) is 39.3 Å². The molecular formula is C15H20ClNO3. The third kappa shape index (κ3) is 4.23. The number of ether oxygens (including phenoxy) is 1. The van der Waals surface area contributed by atoms with Gasteiger partial charge in [-0.05, 0) is 44.9 Å². The third-order valence-corrected chi connectivity index (χ3v) is 3.17. The Morgan fingerprint density at radius 1 is 1.40 bits per heavy atom. The quantitative estimate of drug-likeness (QED) is 0.798. The molecule has 0 aromatic heterocycles. The zero-order valence-corrected chi connectivity index (χ0v) is 13.2. The van der Waals surface area contributed by atoms with Crippen LogP contribution in [0.3, 0.4) is 0 Å². The van der Waals surface area contributed by atoms with E-state index < -0.39 is 17.7 Å². The van der Waals surface area contributed by atoms with E-state index >= 15 is 0 Å². The Hall–Kier alpha value is -1.55. The molecule has 0 aliphatic heterocycles. The topological polar surface area (TPSA) is 46.6 Å². The summed E-state index contributed by atoms with van der Waals surface area (Å²) < 4.78 is 5.25. The van der Waals surface area contributed by atoms with Crippen molar-refractivity contribution in [3.63, 3.8) is 0 Å². The predicted molar refractivity (Wildman–Crippen MR) is 79.0 cm³/mol. The highest BCUT2D eigenvalue weighted by molar-refractivity contribution is 6.31. The summed E-state index contributed by atoms with van der Waals surface area (Å²) in [6, 6.07) is 4.57. The van der Waals surface area contributed by atoms with Crippen LogP contribution in [0.2, 0.25) is 5.02 Å². The normalized spacial score (nSPS) is 12.7. The third-order valence-electron chi connectivity index (χ3n) is 2.77. The summed E-state index contributed by atoms with van der Waals surface area (Å²) in [5.41, 5.74) is 0.966. The van der Waals surface area contributed by atoms with Gasteiger partial charge >= 0.3 is 6.09 Å². The molecule has 1 rings (SSSR count). The fourth-order valence-corrected chi connectivity index (χ4v) is 1.82. The Morgan fingerprint density at radius 2 is 2.00 bits per heavy atom. The molecule has 110 valence electrons. The van der Waals surface area contributed by atoms with E-state index in [1.54, 1.807) is 32.9 Å². The van der Waals surface area contributed by atoms with E-state index in [4.69, 9.17) is 16.3 Å². The van der Waals surface area contributed by atoms with Gasteiger partial charge in [-0.1, -0.05) is 23.7 Å². The molecule has 0 spiro atoms. The van der Waals surface area contributed by atoms with Crippen LogP contribution in [-0.2, 0) is 9.53 Å². The number of likely N-dealkylation sites (N-methyl/N-ethyl adjacent to an activating group) is 1. The lowest BCUT2D eigenvalue weighted by molar-refractivity contribution is -0.112. The Bertz CT molecular complexity index is 508. The molecule has 5 heteroatoms. The fraction of sp³-hybridized carbons (Fsp3) is 0.467. The summed E-state index contributed by atoms with van der Waals surface area (Å²) in [6.07, 6.45) is 0.150. The SMILES string of the molecule is Cc1ccc(C(C=O)N(C)C(=O)OC(C)(C)C)cc1Cl. The monoisotopic (exact) mass is 297 g/mol. The number of hydrogen-bond acceptors (Lipinski definition) is 3. The van der Waals surface area contributed by atoms with Gasteiger partial charge in [0.25, 0.3) is 0 Å². The second-order valence-corrected chi connectivity index (χ2v) is 6.09. The van der Waals surface area contributed by atoms with E-state index in [1.807, 2.05) is 13.0 Å². The minimum Gasteiger partial charge on any atom is -0.444 e. The zero-order valence-electron chi connectivity index (χ0n) is 12.4. The van der Waals surface area contributed by atoms with E-state index in [0.29, 0.717) is 16.9 Å². The van der Waals surface area contributed by atoms with Gasteiger partial charge in [0, 0.05) is 12.1 Å². The van der Waals surface area contributed by atoms with E-state index in [2.05, 4.69) is 0 Å². The number of hydrogen-bond donors (Lipinski definition) is 0. The molecule has 0 heterocycles. The maximum absolute atomic E-state index is 12.0. The summed E-state index contributed by atoms with van der Waals surface area (Å²) >= 11 is 6.05. The first-order valence-corrected chi connectivity index (χ1v) is 6.70. The molecule has 1 aromatic rings. The number of halogens is 1. The zero-order chi connectivity index (χ0) is 15.5. The first kappa shape index (κ1) is 16.5. The van der Waals surface area contributed by atoms with E-state index in [1.165, 1.54) is 11.9 Å². The average Bonchev–Trinajstić information content (AvgIpc) is 2.32. The maximum atomic E-state index is 12.0. The Balaban J connectivity index is 2.97. The number of benzene rings is 1. The molecule has 0 bridgehead atoms. The van der Waals surface area contributed by atoms with Gasteiger partial charge in [-0.2, -0.15) is 0 Å². The number of carbonyl (C=O) groups is 2. The van der Waals surface area contributed by atoms with Crippen molar-refractivity contribution in [1.82, 2.24) is 4.90 Å². The highest BCUT2D eigenvalue weighted by Crippen LogP contribution is 2.24. The minimum atomic E-state index is -0.719. The van der Waals surface area contributed by atoms with Gasteiger partial charge in [0.2, 0.25) is 0 Å². The summed E-state index contributed by atoms with van der Waals surface area (Å²) in [6.45, 7) is 7.20. The summed E-state index contributed by atoms with van der Waals surface area (Å²) in [7, 11) is 1.53. The molecule has 1 amide bonds. The van der Waals surface area contributed by atoms with Crippen LogP contribution in [0.25, 0.3) is 0 Å². The highest BCUT2D eigenvalue weighted by atomic mass is 35.5. The number of amides is 1. The van der Waals surface area contributed by atoms with Crippen molar-refractivity contribution in [1.29, 1.82) is 0 Å². The van der Waals surface area contributed by atoms with Gasteiger partial charge in [-0.25, -0.2) is 4.79 Å². The lowest BCUT2D eigenvalue weighted by atomic mass is 10.1. The first-order chi connectivity index (χ1) is 9.15. The molecule has 1 aromatic carbocycles. The lowest BCUT2D eigenvalue weighted by Gasteiger charge is -2.28. The number of aryl methyl sites for hydroxylation is 1. The van der Waals surface area contributed by atoms with Crippen molar-refractivity contribution in [2.24, 2.45) is 0 Å². The van der Waals surface area contributed by atoms with Crippen LogP contribution < -0.4 is 0 Å².